The molecule has 0 radical (unpaired) electrons. The summed E-state index contributed by atoms with van der Waals surface area (Å²) in [5, 5.41) is 0. The van der Waals surface area contributed by atoms with E-state index in [-0.39, 0.29) is 5.78 Å². The van der Waals surface area contributed by atoms with Gasteiger partial charge in [0.2, 0.25) is 0 Å². The second-order valence-electron chi connectivity index (χ2n) is 5.22. The molecular weight excluding hydrogens is 247 g/mol. The summed E-state index contributed by atoms with van der Waals surface area (Å²) in [5.41, 5.74) is 0. The Morgan fingerprint density at radius 1 is 1.33 bits per heavy atom. The van der Waals surface area contributed by atoms with Crippen LogP contribution in [0.15, 0.2) is 10.6 Å². The minimum absolute atomic E-state index is 0.231. The molecule has 0 bridgehead atoms. The predicted octanol–water partition coefficient (Wildman–Crippen LogP) is 4.63. The Kier molecular flexibility index (Phi) is 6.81. The van der Waals surface area contributed by atoms with Crippen molar-refractivity contribution in [1.29, 1.82) is 0 Å². The van der Waals surface area contributed by atoms with E-state index in [1.165, 1.54) is 0 Å². The van der Waals surface area contributed by atoms with Gasteiger partial charge in [-0.3, -0.25) is 0 Å². The third-order valence-corrected chi connectivity index (χ3v) is 4.10. The van der Waals surface area contributed by atoms with Crippen LogP contribution < -0.4 is 0 Å². The van der Waals surface area contributed by atoms with Gasteiger partial charge in [0.1, 0.15) is 10.3 Å². The largest absolute Gasteiger partial charge is 0.300 e. The molecule has 0 spiro atoms. The van der Waals surface area contributed by atoms with Gasteiger partial charge in [-0.05, 0) is 19.3 Å². The first kappa shape index (κ1) is 15.2. The highest BCUT2D eigenvalue weighted by molar-refractivity contribution is 6.76. The van der Waals surface area contributed by atoms with Crippen LogP contribution in [0.1, 0.15) is 19.8 Å². The fourth-order valence-electron chi connectivity index (χ4n) is 1.60. The fourth-order valence-corrected chi connectivity index (χ4v) is 3.85. The summed E-state index contributed by atoms with van der Waals surface area (Å²) in [6.45, 7) is 8.55. The van der Waals surface area contributed by atoms with Gasteiger partial charge in [0.25, 0.3) is 0 Å². The van der Waals surface area contributed by atoms with Crippen LogP contribution in [0.4, 0.5) is 0 Å². The Hall–Kier alpha value is 0.207. The van der Waals surface area contributed by atoms with E-state index in [9.17, 15) is 4.79 Å². The second-order valence-corrected chi connectivity index (χ2v) is 11.8. The van der Waals surface area contributed by atoms with Crippen LogP contribution in [-0.2, 0) is 4.79 Å². The van der Waals surface area contributed by atoms with Crippen LogP contribution in [0.2, 0.25) is 25.7 Å². The molecule has 1 unspecified atom stereocenters. The van der Waals surface area contributed by atoms with Gasteiger partial charge < -0.3 is 4.79 Å². The molecule has 88 valence electrons. The van der Waals surface area contributed by atoms with Crippen molar-refractivity contribution in [2.75, 3.05) is 0 Å². The average molecular weight is 267 g/mol. The molecule has 0 aliphatic heterocycles. The topological polar surface area (TPSA) is 17.1 Å². The highest BCUT2D eigenvalue weighted by atomic mass is 35.5. The Bertz CT molecular complexity index is 239. The second kappa shape index (κ2) is 6.72. The van der Waals surface area contributed by atoms with Crippen molar-refractivity contribution in [1.82, 2.24) is 0 Å². The molecule has 0 heterocycles. The molecule has 0 rings (SSSR count). The van der Waals surface area contributed by atoms with E-state index >= 15 is 0 Å². The van der Waals surface area contributed by atoms with Crippen molar-refractivity contribution in [2.24, 2.45) is 5.92 Å². The maximum atomic E-state index is 10.9. The van der Waals surface area contributed by atoms with Gasteiger partial charge in [0, 0.05) is 14.5 Å². The van der Waals surface area contributed by atoms with Gasteiger partial charge in [-0.1, -0.05) is 55.0 Å². The normalized spacial score (nSPS) is 13.5. The van der Waals surface area contributed by atoms with Crippen LogP contribution >= 0.6 is 23.2 Å². The van der Waals surface area contributed by atoms with E-state index in [1.807, 2.05) is 6.08 Å². The lowest BCUT2D eigenvalue weighted by Crippen LogP contribution is -2.23. The van der Waals surface area contributed by atoms with Crippen molar-refractivity contribution in [3.63, 3.8) is 0 Å². The van der Waals surface area contributed by atoms with Crippen LogP contribution in [-0.4, -0.2) is 13.9 Å². The lowest BCUT2D eigenvalue weighted by molar-refractivity contribution is -0.117. The van der Waals surface area contributed by atoms with Gasteiger partial charge in [-0.2, -0.15) is 0 Å². The Balaban J connectivity index is 4.32. The lowest BCUT2D eigenvalue weighted by Gasteiger charge is -2.21. The van der Waals surface area contributed by atoms with Crippen LogP contribution in [0, 0.1) is 5.92 Å². The third kappa shape index (κ3) is 10.5. The van der Waals surface area contributed by atoms with Gasteiger partial charge in [-0.15, -0.1) is 0 Å². The van der Waals surface area contributed by atoms with Crippen molar-refractivity contribution in [3.8, 4) is 0 Å². The summed E-state index contributed by atoms with van der Waals surface area (Å²) in [6, 6.07) is 1.13. The first-order chi connectivity index (χ1) is 6.70. The molecule has 0 aliphatic carbocycles. The molecule has 0 aromatic heterocycles. The Labute approximate surface area is 104 Å². The smallest absolute Gasteiger partial charge is 0.129 e. The maximum absolute atomic E-state index is 10.9. The zero-order chi connectivity index (χ0) is 12.1. The van der Waals surface area contributed by atoms with E-state index in [0.717, 1.165) is 12.5 Å². The quantitative estimate of drug-likeness (QED) is 0.641. The van der Waals surface area contributed by atoms with Crippen molar-refractivity contribution in [3.05, 3.63) is 10.6 Å². The average Bonchev–Trinajstić information content (AvgIpc) is 1.95. The molecular formula is C11H20Cl2OSi. The highest BCUT2D eigenvalue weighted by Crippen LogP contribution is 2.25. The Morgan fingerprint density at radius 3 is 2.20 bits per heavy atom. The van der Waals surface area contributed by atoms with E-state index in [1.54, 1.807) is 6.92 Å². The van der Waals surface area contributed by atoms with Crippen molar-refractivity contribution < 1.29 is 4.79 Å². The maximum Gasteiger partial charge on any atom is 0.129 e. The van der Waals surface area contributed by atoms with E-state index in [4.69, 9.17) is 23.2 Å². The molecule has 0 saturated heterocycles. The van der Waals surface area contributed by atoms with Crippen LogP contribution in [0.3, 0.4) is 0 Å². The molecule has 0 saturated carbocycles. The van der Waals surface area contributed by atoms with E-state index in [0.29, 0.717) is 16.8 Å². The summed E-state index contributed by atoms with van der Waals surface area (Å²) in [6.07, 6.45) is 3.36. The number of hydrogen-bond acceptors (Lipinski definition) is 1. The Morgan fingerprint density at radius 2 is 1.87 bits per heavy atom. The zero-order valence-electron chi connectivity index (χ0n) is 9.94. The number of halogens is 2. The molecule has 0 fully saturated rings. The van der Waals surface area contributed by atoms with E-state index < -0.39 is 8.07 Å². The highest BCUT2D eigenvalue weighted by Gasteiger charge is 2.19. The summed E-state index contributed by atoms with van der Waals surface area (Å²) in [5.74, 6) is 0.584. The standard InChI is InChI=1S/C11H20Cl2OSi/c1-9(14)5-6-10(7-11(12)13)8-15(2,3)4/h7,10H,5-6,8H2,1-4H3. The number of allylic oxidation sites excluding steroid dienone is 1. The molecule has 0 amide bonds. The fraction of sp³-hybridized carbons (Fsp3) is 0.727. The van der Waals surface area contributed by atoms with Crippen molar-refractivity contribution in [2.45, 2.75) is 45.5 Å². The molecule has 4 heteroatoms. The minimum atomic E-state index is -1.13. The van der Waals surface area contributed by atoms with Crippen LogP contribution in [0.5, 0.6) is 0 Å². The molecule has 0 aromatic rings. The minimum Gasteiger partial charge on any atom is -0.300 e. The first-order valence-electron chi connectivity index (χ1n) is 5.23. The van der Waals surface area contributed by atoms with E-state index in [2.05, 4.69) is 19.6 Å². The summed E-state index contributed by atoms with van der Waals surface area (Å²) >= 11 is 11.3. The van der Waals surface area contributed by atoms with Gasteiger partial charge in [-0.25, -0.2) is 0 Å². The number of rotatable bonds is 6. The number of carbonyl (C=O) groups is 1. The van der Waals surface area contributed by atoms with Gasteiger partial charge in [0.15, 0.2) is 0 Å². The molecule has 1 atom stereocenters. The summed E-state index contributed by atoms with van der Waals surface area (Å²) < 4.78 is 0.321. The third-order valence-electron chi connectivity index (χ3n) is 2.10. The number of Topliss-reactive ketones (excluding diaryl/α,β-unsaturated/α-hetero) is 1. The van der Waals surface area contributed by atoms with Crippen molar-refractivity contribution >= 4 is 37.1 Å². The molecule has 0 aromatic carbocycles. The first-order valence-corrected chi connectivity index (χ1v) is 9.69. The predicted molar refractivity (Wildman–Crippen MR) is 71.3 cm³/mol. The number of ketones is 1. The molecule has 15 heavy (non-hydrogen) atoms. The molecule has 0 N–H and O–H groups in total. The lowest BCUT2D eigenvalue weighted by atomic mass is 10.0. The summed E-state index contributed by atoms with van der Waals surface area (Å²) in [7, 11) is -1.13. The SMILES string of the molecule is CC(=O)CCC(C=C(Cl)Cl)C[Si](C)(C)C. The molecule has 1 nitrogen and oxygen atoms in total. The summed E-state index contributed by atoms with van der Waals surface area (Å²) in [4.78, 5) is 10.9. The monoisotopic (exact) mass is 266 g/mol. The zero-order valence-corrected chi connectivity index (χ0v) is 12.5. The molecule has 0 aliphatic rings. The van der Waals surface area contributed by atoms with Gasteiger partial charge in [0.05, 0.1) is 0 Å². The number of carbonyl (C=O) groups excluding carboxylic acids is 1. The van der Waals surface area contributed by atoms with Gasteiger partial charge >= 0.3 is 0 Å². The number of hydrogen-bond donors (Lipinski definition) is 0. The van der Waals surface area contributed by atoms with Crippen LogP contribution in [0.25, 0.3) is 0 Å².